The van der Waals surface area contributed by atoms with E-state index < -0.39 is 0 Å². The van der Waals surface area contributed by atoms with Crippen LogP contribution < -0.4 is 5.73 Å². The van der Waals surface area contributed by atoms with Crippen LogP contribution in [-0.2, 0) is 4.74 Å². The second-order valence-corrected chi connectivity index (χ2v) is 1.84. The number of nitrogens with two attached hydrogens (primary N) is 1. The summed E-state index contributed by atoms with van der Waals surface area (Å²) in [5.74, 6) is 0. The Balaban J connectivity index is 0.000000148. The first kappa shape index (κ1) is 8.66. The molecule has 2 heteroatoms. The van der Waals surface area contributed by atoms with Gasteiger partial charge in [0.25, 0.3) is 0 Å². The Hall–Kier alpha value is -0.340. The van der Waals surface area contributed by atoms with Crippen molar-refractivity contribution in [3.05, 3.63) is 12.7 Å². The van der Waals surface area contributed by atoms with Crippen molar-refractivity contribution in [2.24, 2.45) is 5.73 Å². The third-order valence-electron chi connectivity index (χ3n) is 0.994. The van der Waals surface area contributed by atoms with Gasteiger partial charge in [0.1, 0.15) is 0 Å². The molecule has 0 spiro atoms. The summed E-state index contributed by atoms with van der Waals surface area (Å²) in [5.41, 5.74) is 4.91. The molecule has 0 bridgehead atoms. The van der Waals surface area contributed by atoms with Gasteiger partial charge in [-0.15, -0.1) is 6.58 Å². The average molecular weight is 129 g/mol. The molecule has 0 radical (unpaired) electrons. The van der Waals surface area contributed by atoms with Gasteiger partial charge in [0.05, 0.1) is 0 Å². The van der Waals surface area contributed by atoms with Crippen LogP contribution in [0.5, 0.6) is 0 Å². The molecule has 54 valence electrons. The average Bonchev–Trinajstić information content (AvgIpc) is 2.43. The van der Waals surface area contributed by atoms with E-state index in [1.807, 2.05) is 0 Å². The molecule has 0 atom stereocenters. The van der Waals surface area contributed by atoms with Crippen LogP contribution in [0.2, 0.25) is 0 Å². The Kier molecular flexibility index (Phi) is 7.37. The van der Waals surface area contributed by atoms with Crippen molar-refractivity contribution in [3.63, 3.8) is 0 Å². The lowest BCUT2D eigenvalue weighted by atomic mass is 10.4. The van der Waals surface area contributed by atoms with E-state index in [-0.39, 0.29) is 0 Å². The molecule has 1 fully saturated rings. The molecule has 0 aliphatic carbocycles. The Morgan fingerprint density at radius 3 is 2.00 bits per heavy atom. The van der Waals surface area contributed by atoms with E-state index in [4.69, 9.17) is 10.5 Å². The second-order valence-electron chi connectivity index (χ2n) is 1.84. The standard InChI is InChI=1S/C4H8O.C3H7N/c1-2-4-5-3-1;1-2-3-4/h1-4H2;2H,1,3-4H2. The van der Waals surface area contributed by atoms with Gasteiger partial charge in [-0.1, -0.05) is 6.08 Å². The summed E-state index contributed by atoms with van der Waals surface area (Å²) in [4.78, 5) is 0. The molecule has 0 amide bonds. The van der Waals surface area contributed by atoms with Crippen LogP contribution >= 0.6 is 0 Å². The fourth-order valence-electron chi connectivity index (χ4n) is 0.510. The predicted octanol–water partition coefficient (Wildman–Crippen LogP) is 0.928. The second kappa shape index (κ2) is 7.66. The summed E-state index contributed by atoms with van der Waals surface area (Å²) in [7, 11) is 0. The van der Waals surface area contributed by atoms with Crippen LogP contribution in [0, 0.1) is 0 Å². The Morgan fingerprint density at radius 2 is 1.89 bits per heavy atom. The molecule has 0 aromatic rings. The Morgan fingerprint density at radius 1 is 1.44 bits per heavy atom. The van der Waals surface area contributed by atoms with E-state index in [9.17, 15) is 0 Å². The van der Waals surface area contributed by atoms with E-state index >= 15 is 0 Å². The van der Waals surface area contributed by atoms with Crippen molar-refractivity contribution < 1.29 is 4.74 Å². The van der Waals surface area contributed by atoms with E-state index in [0.29, 0.717) is 6.54 Å². The normalized spacial score (nSPS) is 16.1. The smallest absolute Gasteiger partial charge is 0.0466 e. The number of hydrogen-bond acceptors (Lipinski definition) is 2. The summed E-state index contributed by atoms with van der Waals surface area (Å²) < 4.78 is 4.94. The van der Waals surface area contributed by atoms with Crippen LogP contribution in [0.15, 0.2) is 12.7 Å². The summed E-state index contributed by atoms with van der Waals surface area (Å²) in [6.07, 6.45) is 4.21. The van der Waals surface area contributed by atoms with Gasteiger partial charge in [0, 0.05) is 19.8 Å². The van der Waals surface area contributed by atoms with Crippen LogP contribution in [0.1, 0.15) is 12.8 Å². The van der Waals surface area contributed by atoms with Crippen molar-refractivity contribution in [1.82, 2.24) is 0 Å². The van der Waals surface area contributed by atoms with Gasteiger partial charge in [0.15, 0.2) is 0 Å². The molecule has 2 nitrogen and oxygen atoms in total. The minimum atomic E-state index is 0.583. The molecule has 1 rings (SSSR count). The van der Waals surface area contributed by atoms with Crippen LogP contribution in [0.3, 0.4) is 0 Å². The third-order valence-corrected chi connectivity index (χ3v) is 0.994. The zero-order valence-corrected chi connectivity index (χ0v) is 5.81. The molecule has 1 saturated heterocycles. The fourth-order valence-corrected chi connectivity index (χ4v) is 0.510. The van der Waals surface area contributed by atoms with Gasteiger partial charge in [-0.3, -0.25) is 0 Å². The highest BCUT2D eigenvalue weighted by Gasteiger charge is 1.94. The van der Waals surface area contributed by atoms with Gasteiger partial charge < -0.3 is 10.5 Å². The minimum Gasteiger partial charge on any atom is -0.381 e. The van der Waals surface area contributed by atoms with Gasteiger partial charge in [-0.25, -0.2) is 0 Å². The summed E-state index contributed by atoms with van der Waals surface area (Å²) in [6.45, 7) is 5.94. The number of rotatable bonds is 1. The van der Waals surface area contributed by atoms with Crippen LogP contribution in [0.25, 0.3) is 0 Å². The quantitative estimate of drug-likeness (QED) is 0.534. The van der Waals surface area contributed by atoms with Crippen LogP contribution in [0.4, 0.5) is 0 Å². The highest BCUT2D eigenvalue weighted by Crippen LogP contribution is 1.98. The van der Waals surface area contributed by atoms with Gasteiger partial charge in [0.2, 0.25) is 0 Å². The SMILES string of the molecule is C1CCOC1.C=CCN. The maximum atomic E-state index is 4.94. The lowest BCUT2D eigenvalue weighted by Gasteiger charge is -1.76. The summed E-state index contributed by atoms with van der Waals surface area (Å²) >= 11 is 0. The summed E-state index contributed by atoms with van der Waals surface area (Å²) in [5, 5.41) is 0. The van der Waals surface area contributed by atoms with Crippen molar-refractivity contribution >= 4 is 0 Å². The molecule has 0 aromatic carbocycles. The first-order valence-electron chi connectivity index (χ1n) is 3.30. The lowest BCUT2D eigenvalue weighted by molar-refractivity contribution is 0.198. The van der Waals surface area contributed by atoms with E-state index in [2.05, 4.69) is 6.58 Å². The fraction of sp³-hybridized carbons (Fsp3) is 0.714. The molecule has 2 N–H and O–H groups in total. The van der Waals surface area contributed by atoms with Crippen molar-refractivity contribution in [1.29, 1.82) is 0 Å². The van der Waals surface area contributed by atoms with Crippen molar-refractivity contribution in [3.8, 4) is 0 Å². The number of hydrogen-bond donors (Lipinski definition) is 1. The molecule has 1 aliphatic rings. The zero-order valence-electron chi connectivity index (χ0n) is 5.81. The first-order valence-corrected chi connectivity index (χ1v) is 3.30. The van der Waals surface area contributed by atoms with E-state index in [0.717, 1.165) is 13.2 Å². The first-order chi connectivity index (χ1) is 4.41. The van der Waals surface area contributed by atoms with Gasteiger partial charge in [-0.05, 0) is 12.8 Å². The molecular formula is C7H15NO. The predicted molar refractivity (Wildman–Crippen MR) is 39.3 cm³/mol. The molecule has 1 aliphatic heterocycles. The largest absolute Gasteiger partial charge is 0.381 e. The maximum absolute atomic E-state index is 4.94. The molecule has 0 unspecified atom stereocenters. The number of ether oxygens (including phenoxy) is 1. The van der Waals surface area contributed by atoms with Gasteiger partial charge >= 0.3 is 0 Å². The van der Waals surface area contributed by atoms with E-state index in [1.165, 1.54) is 12.8 Å². The van der Waals surface area contributed by atoms with Crippen LogP contribution in [-0.4, -0.2) is 19.8 Å². The lowest BCUT2D eigenvalue weighted by Crippen LogP contribution is -1.90. The highest BCUT2D eigenvalue weighted by molar-refractivity contribution is 4.64. The molecular weight excluding hydrogens is 114 g/mol. The van der Waals surface area contributed by atoms with E-state index in [1.54, 1.807) is 6.08 Å². The zero-order chi connectivity index (χ0) is 6.95. The molecule has 9 heavy (non-hydrogen) atoms. The summed E-state index contributed by atoms with van der Waals surface area (Å²) in [6, 6.07) is 0. The topological polar surface area (TPSA) is 35.2 Å². The highest BCUT2D eigenvalue weighted by atomic mass is 16.5. The monoisotopic (exact) mass is 129 g/mol. The van der Waals surface area contributed by atoms with Crippen molar-refractivity contribution in [2.45, 2.75) is 12.8 Å². The van der Waals surface area contributed by atoms with Crippen molar-refractivity contribution in [2.75, 3.05) is 19.8 Å². The molecule has 0 aromatic heterocycles. The molecule has 1 heterocycles. The molecule has 0 saturated carbocycles. The third kappa shape index (κ3) is 7.66. The Bertz CT molecular complexity index is 52.3. The minimum absolute atomic E-state index is 0.583. The van der Waals surface area contributed by atoms with Gasteiger partial charge in [-0.2, -0.15) is 0 Å². The Labute approximate surface area is 56.7 Å². The maximum Gasteiger partial charge on any atom is 0.0466 e.